The summed E-state index contributed by atoms with van der Waals surface area (Å²) in [6.07, 6.45) is 4.28. The first-order chi connectivity index (χ1) is 10.1. The van der Waals surface area contributed by atoms with Gasteiger partial charge in [-0.25, -0.2) is 0 Å². The normalized spacial score (nSPS) is 20.9. The highest BCUT2D eigenvalue weighted by Crippen LogP contribution is 2.34. The van der Waals surface area contributed by atoms with Crippen LogP contribution in [0.4, 0.5) is 0 Å². The van der Waals surface area contributed by atoms with Crippen LogP contribution in [0, 0.1) is 0 Å². The molecular weight excluding hydrogens is 332 g/mol. The molecule has 5 heteroatoms. The number of hydrogen-bond acceptors (Lipinski definition) is 2. The second-order valence-electron chi connectivity index (χ2n) is 5.46. The van der Waals surface area contributed by atoms with Crippen molar-refractivity contribution in [1.29, 1.82) is 0 Å². The number of carbonyl (C=O) groups excluding carboxylic acids is 1. The Morgan fingerprint density at radius 1 is 1.43 bits per heavy atom. The zero-order valence-corrected chi connectivity index (χ0v) is 13.1. The number of benzene rings is 1. The molecule has 1 amide bonds. The average Bonchev–Trinajstić information content (AvgIpc) is 2.92. The van der Waals surface area contributed by atoms with Crippen LogP contribution in [0.3, 0.4) is 0 Å². The first-order valence-corrected chi connectivity index (χ1v) is 7.81. The Morgan fingerprint density at radius 2 is 2.24 bits per heavy atom. The van der Waals surface area contributed by atoms with Gasteiger partial charge in [-0.3, -0.25) is 4.79 Å². The molecule has 0 aliphatic heterocycles. The van der Waals surface area contributed by atoms with Gasteiger partial charge in [-0.2, -0.15) is 0 Å². The fourth-order valence-corrected chi connectivity index (χ4v) is 3.25. The molecule has 2 aromatic rings. The number of carbonyl (C=O) groups is 1. The summed E-state index contributed by atoms with van der Waals surface area (Å²) in [5, 5.41) is 13.7. The molecule has 1 atom stereocenters. The van der Waals surface area contributed by atoms with Crippen LogP contribution in [0.15, 0.2) is 41.0 Å². The molecular formula is C16H17BrN2O2. The number of halogens is 1. The first-order valence-electron chi connectivity index (χ1n) is 7.01. The third-order valence-corrected chi connectivity index (χ3v) is 4.45. The van der Waals surface area contributed by atoms with Gasteiger partial charge in [0, 0.05) is 10.7 Å². The number of aromatic nitrogens is 1. The fraction of sp³-hybridized carbons (Fsp3) is 0.312. The highest BCUT2D eigenvalue weighted by molar-refractivity contribution is 9.10. The Hall–Kier alpha value is -1.59. The van der Waals surface area contributed by atoms with E-state index in [1.165, 1.54) is 5.56 Å². The maximum Gasteiger partial charge on any atom is 0.267 e. The van der Waals surface area contributed by atoms with E-state index in [0.717, 1.165) is 22.9 Å². The van der Waals surface area contributed by atoms with Crippen LogP contribution < -0.4 is 5.32 Å². The molecule has 0 fully saturated rings. The highest BCUT2D eigenvalue weighted by atomic mass is 79.9. The van der Waals surface area contributed by atoms with Gasteiger partial charge in [0.1, 0.15) is 11.3 Å². The smallest absolute Gasteiger partial charge is 0.267 e. The Bertz CT molecular complexity index is 668. The predicted molar refractivity (Wildman–Crippen MR) is 84.1 cm³/mol. The van der Waals surface area contributed by atoms with E-state index in [4.69, 9.17) is 0 Å². The van der Waals surface area contributed by atoms with Crippen molar-refractivity contribution in [3.63, 3.8) is 0 Å². The molecule has 1 aliphatic rings. The number of amides is 1. The standard InChI is InChI=1S/C16H17BrN2O2/c17-12-8-14(18-9-12)15(20)19-10-16(21)7-3-5-11-4-1-2-6-13(11)16/h1-2,4,6,8-9,18,21H,3,5,7,10H2,(H,19,20). The van der Waals surface area contributed by atoms with Crippen LogP contribution in [0.2, 0.25) is 0 Å². The van der Waals surface area contributed by atoms with Crippen LogP contribution in [-0.4, -0.2) is 22.5 Å². The van der Waals surface area contributed by atoms with E-state index in [-0.39, 0.29) is 12.5 Å². The molecule has 3 rings (SSSR count). The van der Waals surface area contributed by atoms with E-state index in [2.05, 4.69) is 26.2 Å². The minimum atomic E-state index is -0.978. The molecule has 1 unspecified atom stereocenters. The number of fused-ring (bicyclic) bond motifs is 1. The van der Waals surface area contributed by atoms with Gasteiger partial charge >= 0.3 is 0 Å². The maximum atomic E-state index is 12.1. The van der Waals surface area contributed by atoms with Gasteiger partial charge in [-0.1, -0.05) is 24.3 Å². The first kappa shape index (κ1) is 14.4. The van der Waals surface area contributed by atoms with Gasteiger partial charge in [-0.05, 0) is 52.4 Å². The number of rotatable bonds is 3. The molecule has 0 saturated carbocycles. The number of nitrogens with one attached hydrogen (secondary N) is 2. The second-order valence-corrected chi connectivity index (χ2v) is 6.37. The molecule has 0 spiro atoms. The minimum absolute atomic E-state index is 0.211. The monoisotopic (exact) mass is 348 g/mol. The number of H-pyrrole nitrogens is 1. The van der Waals surface area contributed by atoms with Gasteiger partial charge in [0.05, 0.1) is 6.54 Å². The van der Waals surface area contributed by atoms with E-state index in [0.29, 0.717) is 12.1 Å². The lowest BCUT2D eigenvalue weighted by Gasteiger charge is -2.34. The van der Waals surface area contributed by atoms with Crippen molar-refractivity contribution in [3.8, 4) is 0 Å². The number of aromatic amines is 1. The molecule has 1 aromatic heterocycles. The van der Waals surface area contributed by atoms with Crippen LogP contribution in [0.1, 0.15) is 34.5 Å². The predicted octanol–water partition coefficient (Wildman–Crippen LogP) is 2.73. The van der Waals surface area contributed by atoms with Gasteiger partial charge in [0.2, 0.25) is 0 Å². The van der Waals surface area contributed by atoms with Crippen LogP contribution in [-0.2, 0) is 12.0 Å². The maximum absolute atomic E-state index is 12.1. The topological polar surface area (TPSA) is 65.1 Å². The quantitative estimate of drug-likeness (QED) is 0.798. The summed E-state index contributed by atoms with van der Waals surface area (Å²) in [5.41, 5.74) is 1.61. The van der Waals surface area contributed by atoms with Crippen molar-refractivity contribution in [2.24, 2.45) is 0 Å². The Kier molecular flexibility index (Phi) is 3.87. The molecule has 0 bridgehead atoms. The summed E-state index contributed by atoms with van der Waals surface area (Å²) in [6.45, 7) is 0.222. The lowest BCUT2D eigenvalue weighted by Crippen LogP contribution is -2.43. The molecule has 3 N–H and O–H groups in total. The van der Waals surface area contributed by atoms with Gasteiger partial charge in [-0.15, -0.1) is 0 Å². The fourth-order valence-electron chi connectivity index (χ4n) is 2.90. The Balaban J connectivity index is 1.74. The summed E-state index contributed by atoms with van der Waals surface area (Å²) in [7, 11) is 0. The second kappa shape index (κ2) is 5.66. The molecule has 4 nitrogen and oxygen atoms in total. The van der Waals surface area contributed by atoms with Crippen molar-refractivity contribution in [1.82, 2.24) is 10.3 Å². The molecule has 1 aliphatic carbocycles. The van der Waals surface area contributed by atoms with Gasteiger partial charge in [0.25, 0.3) is 5.91 Å². The highest BCUT2D eigenvalue weighted by Gasteiger charge is 2.34. The molecule has 1 heterocycles. The Morgan fingerprint density at radius 3 is 3.00 bits per heavy atom. The third kappa shape index (κ3) is 2.89. The van der Waals surface area contributed by atoms with Crippen LogP contribution in [0.25, 0.3) is 0 Å². The largest absolute Gasteiger partial charge is 0.383 e. The van der Waals surface area contributed by atoms with Crippen molar-refractivity contribution in [2.75, 3.05) is 6.54 Å². The van der Waals surface area contributed by atoms with Gasteiger partial charge < -0.3 is 15.4 Å². The van der Waals surface area contributed by atoms with Crippen LogP contribution in [0.5, 0.6) is 0 Å². The third-order valence-electron chi connectivity index (χ3n) is 3.99. The van der Waals surface area contributed by atoms with Crippen molar-refractivity contribution >= 4 is 21.8 Å². The zero-order valence-electron chi connectivity index (χ0n) is 11.5. The lowest BCUT2D eigenvalue weighted by molar-refractivity contribution is 0.0189. The number of aliphatic hydroxyl groups is 1. The summed E-state index contributed by atoms with van der Waals surface area (Å²) in [4.78, 5) is 15.0. The Labute approximate surface area is 131 Å². The van der Waals surface area contributed by atoms with E-state index >= 15 is 0 Å². The SMILES string of the molecule is O=C(NCC1(O)CCCc2ccccc21)c1cc(Br)c[nH]1. The minimum Gasteiger partial charge on any atom is -0.383 e. The number of hydrogen-bond donors (Lipinski definition) is 3. The molecule has 110 valence electrons. The van der Waals surface area contributed by atoms with Crippen molar-refractivity contribution in [3.05, 3.63) is 57.8 Å². The van der Waals surface area contributed by atoms with E-state index in [1.54, 1.807) is 12.3 Å². The molecule has 0 radical (unpaired) electrons. The van der Waals surface area contributed by atoms with Crippen molar-refractivity contribution in [2.45, 2.75) is 24.9 Å². The molecule has 21 heavy (non-hydrogen) atoms. The van der Waals surface area contributed by atoms with E-state index in [9.17, 15) is 9.90 Å². The average molecular weight is 349 g/mol. The summed E-state index contributed by atoms with van der Waals surface area (Å²) in [6, 6.07) is 9.63. The molecule has 0 saturated heterocycles. The number of aryl methyl sites for hydroxylation is 1. The van der Waals surface area contributed by atoms with Crippen LogP contribution >= 0.6 is 15.9 Å². The summed E-state index contributed by atoms with van der Waals surface area (Å²) in [5.74, 6) is -0.211. The summed E-state index contributed by atoms with van der Waals surface area (Å²) < 4.78 is 0.828. The van der Waals surface area contributed by atoms with E-state index < -0.39 is 5.60 Å². The lowest BCUT2D eigenvalue weighted by atomic mass is 9.79. The zero-order chi connectivity index (χ0) is 14.9. The van der Waals surface area contributed by atoms with Crippen molar-refractivity contribution < 1.29 is 9.90 Å². The molecule has 1 aromatic carbocycles. The van der Waals surface area contributed by atoms with E-state index in [1.807, 2.05) is 24.3 Å². The van der Waals surface area contributed by atoms with Gasteiger partial charge in [0.15, 0.2) is 0 Å². The summed E-state index contributed by atoms with van der Waals surface area (Å²) >= 11 is 3.30.